The van der Waals surface area contributed by atoms with Crippen molar-refractivity contribution in [2.45, 2.75) is 57.4 Å². The molecule has 0 atom stereocenters. The van der Waals surface area contributed by atoms with Crippen LogP contribution in [0.25, 0.3) is 0 Å². The largest absolute Gasteiger partial charge is 0.477 e. The standard InChI is InChI=1S/C20H30N6O3S/c1-12(2)15-10-17(21-6)24-18(13(3)4)19(15)23-14(5)25-30(27,28)16-11-22-26-8-7-9-29-20(16)26/h10-13,23,25H,5,7-9H2,1-4,6H3,(H,21,24). The monoisotopic (exact) mass is 434 g/mol. The first kappa shape index (κ1) is 21.9. The second-order valence-corrected chi connectivity index (χ2v) is 9.52. The van der Waals surface area contributed by atoms with Crippen molar-refractivity contribution in [2.24, 2.45) is 0 Å². The van der Waals surface area contributed by atoms with E-state index in [1.807, 2.05) is 27.0 Å². The SMILES string of the molecule is C=C(Nc1c(C(C)C)cc(NC)nc1C(C)C)NS(=O)(=O)c1cnn2c1OCCC2. The molecular formula is C20H30N6O3S. The van der Waals surface area contributed by atoms with Crippen LogP contribution in [0.5, 0.6) is 5.88 Å². The van der Waals surface area contributed by atoms with Gasteiger partial charge in [-0.05, 0) is 23.5 Å². The van der Waals surface area contributed by atoms with Gasteiger partial charge in [-0.15, -0.1) is 0 Å². The van der Waals surface area contributed by atoms with Crippen molar-refractivity contribution in [2.75, 3.05) is 24.3 Å². The molecule has 2 aromatic heterocycles. The highest BCUT2D eigenvalue weighted by atomic mass is 32.2. The third-order valence-electron chi connectivity index (χ3n) is 4.84. The Morgan fingerprint density at radius 1 is 1.27 bits per heavy atom. The average molecular weight is 435 g/mol. The van der Waals surface area contributed by atoms with Gasteiger partial charge >= 0.3 is 0 Å². The summed E-state index contributed by atoms with van der Waals surface area (Å²) >= 11 is 0. The first-order chi connectivity index (χ1) is 14.1. The van der Waals surface area contributed by atoms with Crippen LogP contribution in [0.15, 0.2) is 29.6 Å². The highest BCUT2D eigenvalue weighted by Gasteiger charge is 2.27. The maximum atomic E-state index is 12.9. The minimum atomic E-state index is -3.91. The van der Waals surface area contributed by atoms with Gasteiger partial charge in [0.05, 0.1) is 24.2 Å². The smallest absolute Gasteiger partial charge is 0.269 e. The Bertz CT molecular complexity index is 1010. The predicted octanol–water partition coefficient (Wildman–Crippen LogP) is 3.21. The van der Waals surface area contributed by atoms with Gasteiger partial charge in [0.1, 0.15) is 11.6 Å². The topological polar surface area (TPSA) is 110 Å². The molecule has 0 saturated heterocycles. The molecule has 0 saturated carbocycles. The van der Waals surface area contributed by atoms with E-state index in [0.29, 0.717) is 13.2 Å². The zero-order valence-corrected chi connectivity index (χ0v) is 18.9. The number of pyridine rings is 1. The Morgan fingerprint density at radius 2 is 2.00 bits per heavy atom. The Kier molecular flexibility index (Phi) is 6.25. The van der Waals surface area contributed by atoms with E-state index in [-0.39, 0.29) is 28.4 Å². The van der Waals surface area contributed by atoms with E-state index < -0.39 is 10.0 Å². The lowest BCUT2D eigenvalue weighted by Crippen LogP contribution is -2.28. The number of aromatic nitrogens is 3. The summed E-state index contributed by atoms with van der Waals surface area (Å²) in [6.45, 7) is 13.2. The molecule has 1 aliphatic heterocycles. The van der Waals surface area contributed by atoms with Crippen LogP contribution in [0.4, 0.5) is 11.5 Å². The fourth-order valence-corrected chi connectivity index (χ4v) is 4.41. The number of nitrogens with one attached hydrogen (secondary N) is 3. The molecule has 3 heterocycles. The van der Waals surface area contributed by atoms with Crippen molar-refractivity contribution in [3.05, 3.63) is 35.9 Å². The van der Waals surface area contributed by atoms with Gasteiger partial charge in [0.15, 0.2) is 4.90 Å². The fourth-order valence-electron chi connectivity index (χ4n) is 3.35. The van der Waals surface area contributed by atoms with Crippen LogP contribution in [0.3, 0.4) is 0 Å². The Morgan fingerprint density at radius 3 is 2.63 bits per heavy atom. The molecule has 0 spiro atoms. The first-order valence-electron chi connectivity index (χ1n) is 10.0. The quantitative estimate of drug-likeness (QED) is 0.585. The molecule has 9 nitrogen and oxygen atoms in total. The van der Waals surface area contributed by atoms with Crippen molar-refractivity contribution < 1.29 is 13.2 Å². The third kappa shape index (κ3) is 4.38. The van der Waals surface area contributed by atoms with Gasteiger partial charge in [0.2, 0.25) is 5.88 Å². The summed E-state index contributed by atoms with van der Waals surface area (Å²) in [4.78, 5) is 4.67. The second-order valence-electron chi connectivity index (χ2n) is 7.86. The minimum absolute atomic E-state index is 0.00183. The second kappa shape index (κ2) is 8.55. The number of hydrogen-bond acceptors (Lipinski definition) is 7. The van der Waals surface area contributed by atoms with Crippen molar-refractivity contribution in [3.63, 3.8) is 0 Å². The predicted molar refractivity (Wildman–Crippen MR) is 117 cm³/mol. The number of aryl methyl sites for hydroxylation is 1. The Hall–Kier alpha value is -2.75. The van der Waals surface area contributed by atoms with Crippen LogP contribution in [-0.4, -0.2) is 36.8 Å². The van der Waals surface area contributed by atoms with Gasteiger partial charge < -0.3 is 15.4 Å². The number of nitrogens with zero attached hydrogens (tertiary/aromatic N) is 3. The molecule has 30 heavy (non-hydrogen) atoms. The summed E-state index contributed by atoms with van der Waals surface area (Å²) in [6.07, 6.45) is 2.10. The van der Waals surface area contributed by atoms with Gasteiger partial charge in [0, 0.05) is 20.0 Å². The van der Waals surface area contributed by atoms with Crippen molar-refractivity contribution in [1.82, 2.24) is 19.5 Å². The normalized spacial score (nSPS) is 13.7. The van der Waals surface area contributed by atoms with Crippen LogP contribution < -0.4 is 20.1 Å². The highest BCUT2D eigenvalue weighted by Crippen LogP contribution is 2.34. The lowest BCUT2D eigenvalue weighted by atomic mass is 9.96. The van der Waals surface area contributed by atoms with Gasteiger partial charge in [-0.2, -0.15) is 5.10 Å². The molecule has 0 aromatic carbocycles. The van der Waals surface area contributed by atoms with Gasteiger partial charge in [-0.3, -0.25) is 4.72 Å². The molecule has 1 aliphatic rings. The fraction of sp³-hybridized carbons (Fsp3) is 0.500. The van der Waals surface area contributed by atoms with Gasteiger partial charge in [-0.1, -0.05) is 34.3 Å². The molecule has 2 aromatic rings. The van der Waals surface area contributed by atoms with Gasteiger partial charge in [-0.25, -0.2) is 18.1 Å². The molecule has 0 amide bonds. The van der Waals surface area contributed by atoms with Crippen molar-refractivity contribution >= 4 is 21.5 Å². The van der Waals surface area contributed by atoms with E-state index in [1.54, 1.807) is 4.68 Å². The van der Waals surface area contributed by atoms with Crippen LogP contribution >= 0.6 is 0 Å². The molecule has 10 heteroatoms. The number of hydrogen-bond donors (Lipinski definition) is 3. The van der Waals surface area contributed by atoms with Crippen LogP contribution in [0, 0.1) is 0 Å². The summed E-state index contributed by atoms with van der Waals surface area (Å²) in [7, 11) is -2.09. The highest BCUT2D eigenvalue weighted by molar-refractivity contribution is 7.89. The number of fused-ring (bicyclic) bond motifs is 1. The number of sulfonamides is 1. The summed E-state index contributed by atoms with van der Waals surface area (Å²) in [6, 6.07) is 1.96. The number of anilines is 2. The average Bonchev–Trinajstić information content (AvgIpc) is 3.12. The Labute approximate surface area is 178 Å². The van der Waals surface area contributed by atoms with E-state index >= 15 is 0 Å². The molecule has 3 rings (SSSR count). The molecule has 0 aliphatic carbocycles. The zero-order valence-electron chi connectivity index (χ0n) is 18.1. The van der Waals surface area contributed by atoms with E-state index in [2.05, 4.69) is 45.9 Å². The van der Waals surface area contributed by atoms with Crippen LogP contribution in [0.2, 0.25) is 0 Å². The third-order valence-corrected chi connectivity index (χ3v) is 6.21. The molecule has 0 fully saturated rings. The molecule has 164 valence electrons. The van der Waals surface area contributed by atoms with Crippen LogP contribution in [0.1, 0.15) is 57.2 Å². The lowest BCUT2D eigenvalue weighted by Gasteiger charge is -2.23. The molecule has 3 N–H and O–H groups in total. The first-order valence-corrected chi connectivity index (χ1v) is 11.5. The molecule has 0 radical (unpaired) electrons. The number of ether oxygens (including phenoxy) is 1. The summed E-state index contributed by atoms with van der Waals surface area (Å²) < 4.78 is 35.5. The van der Waals surface area contributed by atoms with E-state index in [0.717, 1.165) is 29.2 Å². The van der Waals surface area contributed by atoms with Crippen molar-refractivity contribution in [1.29, 1.82) is 0 Å². The minimum Gasteiger partial charge on any atom is -0.477 e. The zero-order chi connectivity index (χ0) is 22.1. The maximum Gasteiger partial charge on any atom is 0.269 e. The van der Waals surface area contributed by atoms with Gasteiger partial charge in [0.25, 0.3) is 10.0 Å². The maximum absolute atomic E-state index is 12.9. The molecular weight excluding hydrogens is 404 g/mol. The van der Waals surface area contributed by atoms with E-state index in [1.165, 1.54) is 6.20 Å². The van der Waals surface area contributed by atoms with E-state index in [9.17, 15) is 8.42 Å². The Balaban J connectivity index is 1.90. The molecule has 0 bridgehead atoms. The summed E-state index contributed by atoms with van der Waals surface area (Å²) in [5.41, 5.74) is 2.61. The van der Waals surface area contributed by atoms with E-state index in [4.69, 9.17) is 4.74 Å². The van der Waals surface area contributed by atoms with Crippen molar-refractivity contribution in [3.8, 4) is 5.88 Å². The van der Waals surface area contributed by atoms with Crippen LogP contribution in [-0.2, 0) is 16.6 Å². The molecule has 0 unspecified atom stereocenters. The summed E-state index contributed by atoms with van der Waals surface area (Å²) in [5, 5.41) is 10.3. The summed E-state index contributed by atoms with van der Waals surface area (Å²) in [5.74, 6) is 1.48. The number of rotatable bonds is 8. The lowest BCUT2D eigenvalue weighted by molar-refractivity contribution is 0.224.